The molecular weight excluding hydrogens is 557 g/mol. The van der Waals surface area contributed by atoms with Gasteiger partial charge >= 0.3 is 12.1 Å². The Morgan fingerprint density at radius 2 is 1.52 bits per heavy atom. The summed E-state index contributed by atoms with van der Waals surface area (Å²) in [6.45, 7) is 11.2. The van der Waals surface area contributed by atoms with Crippen molar-refractivity contribution < 1.29 is 28.2 Å². The summed E-state index contributed by atoms with van der Waals surface area (Å²) >= 11 is 0. The second kappa shape index (κ2) is 14.3. The zero-order valence-electron chi connectivity index (χ0n) is 26.9. The second-order valence-corrected chi connectivity index (χ2v) is 13.6. The largest absolute Gasteiger partial charge is 0.489 e. The molecule has 1 aliphatic rings. The van der Waals surface area contributed by atoms with Gasteiger partial charge in [0.15, 0.2) is 0 Å². The number of carbonyl (C=O) groups excluding carboxylic acids is 2. The van der Waals surface area contributed by atoms with E-state index in [0.717, 1.165) is 29.5 Å². The van der Waals surface area contributed by atoms with Crippen molar-refractivity contribution in [3.63, 3.8) is 0 Å². The van der Waals surface area contributed by atoms with E-state index in [2.05, 4.69) is 17.4 Å². The normalized spacial score (nSPS) is 14.2. The van der Waals surface area contributed by atoms with Crippen LogP contribution in [0, 0.1) is 5.82 Å². The molecule has 0 bridgehead atoms. The van der Waals surface area contributed by atoms with Gasteiger partial charge < -0.3 is 19.5 Å². The monoisotopic (exact) mass is 603 g/mol. The zero-order chi connectivity index (χ0) is 31.9. The molecule has 6 nitrogen and oxygen atoms in total. The highest BCUT2D eigenvalue weighted by Crippen LogP contribution is 2.36. The minimum absolute atomic E-state index is 0.0152. The molecule has 0 aliphatic heterocycles. The Morgan fingerprint density at radius 1 is 0.841 bits per heavy atom. The molecule has 0 saturated heterocycles. The van der Waals surface area contributed by atoms with Gasteiger partial charge in [0, 0.05) is 23.2 Å². The third kappa shape index (κ3) is 9.83. The summed E-state index contributed by atoms with van der Waals surface area (Å²) in [5.74, 6) is 0.330. The number of nitrogens with one attached hydrogen (secondary N) is 1. The Balaban J connectivity index is 1.59. The first-order valence-corrected chi connectivity index (χ1v) is 15.6. The maximum absolute atomic E-state index is 15.9. The molecule has 0 heterocycles. The van der Waals surface area contributed by atoms with Gasteiger partial charge in [0.05, 0.1) is 6.42 Å². The molecule has 4 rings (SSSR count). The number of ether oxygens (including phenoxy) is 3. The van der Waals surface area contributed by atoms with E-state index in [0.29, 0.717) is 22.8 Å². The fourth-order valence-electron chi connectivity index (χ4n) is 5.53. The summed E-state index contributed by atoms with van der Waals surface area (Å²) in [5, 5.41) is 2.66. The second-order valence-electron chi connectivity index (χ2n) is 13.6. The van der Waals surface area contributed by atoms with Gasteiger partial charge in [-0.05, 0) is 89.1 Å². The molecule has 0 unspecified atom stereocenters. The molecule has 44 heavy (non-hydrogen) atoms. The first-order valence-electron chi connectivity index (χ1n) is 15.6. The van der Waals surface area contributed by atoms with Crippen LogP contribution in [0.1, 0.15) is 102 Å². The number of esters is 1. The average Bonchev–Trinajstić information content (AvgIpc) is 2.94. The Hall–Kier alpha value is -3.87. The third-order valence-corrected chi connectivity index (χ3v) is 7.43. The van der Waals surface area contributed by atoms with E-state index in [1.807, 2.05) is 51.1 Å². The highest BCUT2D eigenvalue weighted by atomic mass is 19.1. The molecule has 236 valence electrons. The number of hydrogen-bond acceptors (Lipinski definition) is 5. The fraction of sp³-hybridized carbons (Fsp3) is 0.459. The number of alkyl carbamates (subject to hydrolysis) is 1. The van der Waals surface area contributed by atoms with Crippen molar-refractivity contribution in [3.05, 3.63) is 88.7 Å². The van der Waals surface area contributed by atoms with E-state index in [-0.39, 0.29) is 31.4 Å². The number of para-hydroxylation sites is 1. The van der Waals surface area contributed by atoms with Crippen molar-refractivity contribution in [3.8, 4) is 16.9 Å². The maximum Gasteiger partial charge on any atom is 0.407 e. The van der Waals surface area contributed by atoms with E-state index < -0.39 is 17.3 Å². The predicted molar refractivity (Wildman–Crippen MR) is 171 cm³/mol. The average molecular weight is 604 g/mol. The number of amides is 1. The van der Waals surface area contributed by atoms with E-state index in [4.69, 9.17) is 14.2 Å². The first kappa shape index (κ1) is 33.0. The Kier molecular flexibility index (Phi) is 10.7. The molecule has 0 spiro atoms. The molecule has 0 radical (unpaired) electrons. The summed E-state index contributed by atoms with van der Waals surface area (Å²) in [6.07, 6.45) is 5.32. The number of halogens is 1. The topological polar surface area (TPSA) is 73.9 Å². The fourth-order valence-corrected chi connectivity index (χ4v) is 5.53. The van der Waals surface area contributed by atoms with Gasteiger partial charge in [0.25, 0.3) is 0 Å². The number of hydrogen-bond donors (Lipinski definition) is 1. The van der Waals surface area contributed by atoms with Crippen molar-refractivity contribution in [1.29, 1.82) is 0 Å². The first-order chi connectivity index (χ1) is 20.8. The lowest BCUT2D eigenvalue weighted by Crippen LogP contribution is -2.32. The molecule has 7 heteroatoms. The van der Waals surface area contributed by atoms with Crippen LogP contribution in [0.3, 0.4) is 0 Å². The van der Waals surface area contributed by atoms with Gasteiger partial charge in [0.2, 0.25) is 0 Å². The molecule has 1 amide bonds. The molecule has 1 N–H and O–H groups in total. The Labute approximate surface area is 261 Å². The van der Waals surface area contributed by atoms with Gasteiger partial charge in [-0.1, -0.05) is 67.8 Å². The highest BCUT2D eigenvalue weighted by Gasteiger charge is 2.21. The molecule has 3 aromatic rings. The van der Waals surface area contributed by atoms with Crippen LogP contribution < -0.4 is 10.1 Å². The summed E-state index contributed by atoms with van der Waals surface area (Å²) in [5.41, 5.74) is 3.27. The maximum atomic E-state index is 15.9. The van der Waals surface area contributed by atoms with Gasteiger partial charge in [-0.2, -0.15) is 0 Å². The van der Waals surface area contributed by atoms with Crippen molar-refractivity contribution >= 4 is 12.1 Å². The molecule has 1 saturated carbocycles. The predicted octanol–water partition coefficient (Wildman–Crippen LogP) is 9.03. The van der Waals surface area contributed by atoms with Crippen LogP contribution >= 0.6 is 0 Å². The smallest absolute Gasteiger partial charge is 0.407 e. The molecule has 0 aromatic heterocycles. The van der Waals surface area contributed by atoms with E-state index in [1.54, 1.807) is 39.0 Å². The Morgan fingerprint density at radius 3 is 2.23 bits per heavy atom. The summed E-state index contributed by atoms with van der Waals surface area (Å²) in [6, 6.07) is 19.0. The lowest BCUT2D eigenvalue weighted by atomic mass is 9.82. The van der Waals surface area contributed by atoms with Crippen LogP contribution in [0.15, 0.2) is 60.7 Å². The van der Waals surface area contributed by atoms with Crippen LogP contribution in [0.2, 0.25) is 0 Å². The molecule has 0 atom stereocenters. The van der Waals surface area contributed by atoms with Crippen molar-refractivity contribution in [2.24, 2.45) is 0 Å². The van der Waals surface area contributed by atoms with Crippen LogP contribution in [0.4, 0.5) is 9.18 Å². The molecule has 1 fully saturated rings. The van der Waals surface area contributed by atoms with Gasteiger partial charge in [0.1, 0.15) is 29.4 Å². The van der Waals surface area contributed by atoms with Crippen molar-refractivity contribution in [1.82, 2.24) is 5.32 Å². The Bertz CT molecular complexity index is 1450. The quantitative estimate of drug-likeness (QED) is 0.247. The van der Waals surface area contributed by atoms with Gasteiger partial charge in [-0.3, -0.25) is 4.79 Å². The molecule has 1 aliphatic carbocycles. The van der Waals surface area contributed by atoms with Crippen LogP contribution in [0.25, 0.3) is 11.1 Å². The van der Waals surface area contributed by atoms with E-state index >= 15 is 4.39 Å². The van der Waals surface area contributed by atoms with Crippen molar-refractivity contribution in [2.75, 3.05) is 0 Å². The lowest BCUT2D eigenvalue weighted by molar-refractivity contribution is -0.153. The van der Waals surface area contributed by atoms with Gasteiger partial charge in [-0.15, -0.1) is 0 Å². The van der Waals surface area contributed by atoms with Crippen LogP contribution in [-0.2, 0) is 33.8 Å². The van der Waals surface area contributed by atoms with E-state index in [9.17, 15) is 9.59 Å². The minimum atomic E-state index is -0.640. The van der Waals surface area contributed by atoms with Crippen molar-refractivity contribution in [2.45, 2.75) is 110 Å². The van der Waals surface area contributed by atoms with Crippen LogP contribution in [0.5, 0.6) is 5.75 Å². The standard InChI is InChI=1S/C37H46FNO5/c1-36(2,3)43-33(40)22-27-15-10-11-18-32(27)42-24-25-19-29(26-13-8-7-9-14-26)21-30(20-25)31-17-12-16-28(34(31)38)23-39-35(41)44-37(4,5)6/h10-12,15-21,26H,7-9,13-14,22-24H2,1-6H3,(H,39,41). The molecule has 3 aromatic carbocycles. The lowest BCUT2D eigenvalue weighted by Gasteiger charge is -2.24. The van der Waals surface area contributed by atoms with E-state index in [1.165, 1.54) is 24.8 Å². The number of rotatable bonds is 9. The highest BCUT2D eigenvalue weighted by molar-refractivity contribution is 5.74. The van der Waals surface area contributed by atoms with Crippen LogP contribution in [-0.4, -0.2) is 23.3 Å². The summed E-state index contributed by atoms with van der Waals surface area (Å²) in [7, 11) is 0. The third-order valence-electron chi connectivity index (χ3n) is 7.43. The summed E-state index contributed by atoms with van der Waals surface area (Å²) in [4.78, 5) is 24.7. The number of carbonyl (C=O) groups is 2. The minimum Gasteiger partial charge on any atom is -0.489 e. The SMILES string of the molecule is CC(C)(C)OC(=O)Cc1ccccc1OCc1cc(-c2cccc(CNC(=O)OC(C)(C)C)c2F)cc(C2CCCCC2)c1. The zero-order valence-corrected chi connectivity index (χ0v) is 26.9. The number of benzene rings is 3. The van der Waals surface area contributed by atoms with Gasteiger partial charge in [-0.25, -0.2) is 9.18 Å². The summed E-state index contributed by atoms with van der Waals surface area (Å²) < 4.78 is 33.0. The molecular formula is C37H46FNO5.